The minimum absolute atomic E-state index is 0. The van der Waals surface area contributed by atoms with Crippen molar-refractivity contribution < 1.29 is 0 Å². The molecule has 0 atom stereocenters. The van der Waals surface area contributed by atoms with Crippen LogP contribution in [-0.2, 0) is 0 Å². The first-order valence-electron chi connectivity index (χ1n) is 13.1. The number of benzene rings is 3. The van der Waals surface area contributed by atoms with Crippen molar-refractivity contribution in [1.29, 1.82) is 0 Å². The largest absolute Gasteiger partial charge is 0.304 e. The fourth-order valence-electron chi connectivity index (χ4n) is 5.05. The maximum atomic E-state index is 2.52. The summed E-state index contributed by atoms with van der Waals surface area (Å²) in [6, 6.07) is 18.7. The summed E-state index contributed by atoms with van der Waals surface area (Å²) < 4.78 is 0. The van der Waals surface area contributed by atoms with E-state index in [4.69, 9.17) is 0 Å². The SMILES string of the molecule is CCN(CC)CCCSc1ccc2c(c1)-c1ccc(SCCCN(CC)CC)c3cccc-2c13.Cl.Cl. The highest BCUT2D eigenvalue weighted by molar-refractivity contribution is 7.99. The van der Waals surface area contributed by atoms with Gasteiger partial charge >= 0.3 is 0 Å². The van der Waals surface area contributed by atoms with Gasteiger partial charge in [-0.1, -0.05) is 58.0 Å². The smallest absolute Gasteiger partial charge is 0.0151 e. The molecule has 0 saturated heterocycles. The van der Waals surface area contributed by atoms with Crippen molar-refractivity contribution in [2.75, 3.05) is 50.8 Å². The maximum Gasteiger partial charge on any atom is 0.0151 e. The van der Waals surface area contributed by atoms with E-state index in [2.05, 4.69) is 86.0 Å². The van der Waals surface area contributed by atoms with Gasteiger partial charge in [-0.3, -0.25) is 0 Å². The number of hydrogen-bond donors (Lipinski definition) is 0. The summed E-state index contributed by atoms with van der Waals surface area (Å²) in [5, 5.41) is 2.88. The molecular formula is C30H42Cl2N2S2. The first kappa shape index (κ1) is 31.3. The zero-order valence-corrected chi connectivity index (χ0v) is 25.5. The Labute approximate surface area is 239 Å². The molecule has 0 fully saturated rings. The maximum absolute atomic E-state index is 2.52. The normalized spacial score (nSPS) is 11.6. The van der Waals surface area contributed by atoms with E-state index in [9.17, 15) is 0 Å². The van der Waals surface area contributed by atoms with Gasteiger partial charge in [0.2, 0.25) is 0 Å². The molecule has 3 aromatic carbocycles. The van der Waals surface area contributed by atoms with Gasteiger partial charge in [0.1, 0.15) is 0 Å². The highest BCUT2D eigenvalue weighted by Gasteiger charge is 2.22. The monoisotopic (exact) mass is 564 g/mol. The Balaban J connectivity index is 0.00000228. The van der Waals surface area contributed by atoms with Crippen molar-refractivity contribution in [1.82, 2.24) is 9.80 Å². The molecule has 0 spiro atoms. The second kappa shape index (κ2) is 15.5. The van der Waals surface area contributed by atoms with Crippen molar-refractivity contribution in [3.05, 3.63) is 48.5 Å². The summed E-state index contributed by atoms with van der Waals surface area (Å²) in [6.07, 6.45) is 2.48. The quantitative estimate of drug-likeness (QED) is 0.111. The van der Waals surface area contributed by atoms with E-state index in [0.29, 0.717) is 0 Å². The molecule has 1 aliphatic carbocycles. The van der Waals surface area contributed by atoms with E-state index < -0.39 is 0 Å². The third-order valence-corrected chi connectivity index (χ3v) is 9.36. The Morgan fingerprint density at radius 3 is 1.83 bits per heavy atom. The van der Waals surface area contributed by atoms with Crippen LogP contribution in [0.15, 0.2) is 58.3 Å². The fourth-order valence-corrected chi connectivity index (χ4v) is 6.91. The lowest BCUT2D eigenvalue weighted by Crippen LogP contribution is -2.24. The fraction of sp³-hybridized carbons (Fsp3) is 0.467. The van der Waals surface area contributed by atoms with E-state index in [1.807, 2.05) is 23.5 Å². The standard InChI is InChI=1S/C30H40N2S2.2ClH/c1-5-31(6-2)18-10-20-33-23-14-15-24-25-12-9-13-27-29(34-21-11-19-32(7-3)8-4)17-16-26(30(25)27)28(24)22-23;;/h9,12-17,22H,5-8,10-11,18-21H2,1-4H3;2*1H. The highest BCUT2D eigenvalue weighted by atomic mass is 35.5. The lowest BCUT2D eigenvalue weighted by atomic mass is 10.0. The molecule has 198 valence electrons. The summed E-state index contributed by atoms with van der Waals surface area (Å²) in [5.41, 5.74) is 5.64. The van der Waals surface area contributed by atoms with E-state index in [0.717, 1.165) is 26.2 Å². The zero-order valence-electron chi connectivity index (χ0n) is 22.2. The lowest BCUT2D eigenvalue weighted by molar-refractivity contribution is 0.305. The molecule has 0 bridgehead atoms. The Bertz CT molecular complexity index is 1100. The summed E-state index contributed by atoms with van der Waals surface area (Å²) in [6.45, 7) is 16.0. The molecular weight excluding hydrogens is 523 g/mol. The summed E-state index contributed by atoms with van der Waals surface area (Å²) in [5.74, 6) is 2.36. The van der Waals surface area contributed by atoms with Crippen LogP contribution in [0.25, 0.3) is 33.0 Å². The molecule has 0 aliphatic heterocycles. The van der Waals surface area contributed by atoms with Crippen LogP contribution in [-0.4, -0.2) is 60.6 Å². The van der Waals surface area contributed by atoms with Crippen LogP contribution in [0.5, 0.6) is 0 Å². The van der Waals surface area contributed by atoms with Gasteiger partial charge in [0.05, 0.1) is 0 Å². The molecule has 3 aromatic rings. The van der Waals surface area contributed by atoms with Crippen molar-refractivity contribution in [2.45, 2.75) is 50.3 Å². The predicted octanol–water partition coefficient (Wildman–Crippen LogP) is 8.98. The molecule has 0 unspecified atom stereocenters. The van der Waals surface area contributed by atoms with Gasteiger partial charge in [0.25, 0.3) is 0 Å². The number of nitrogens with zero attached hydrogens (tertiary/aromatic N) is 2. The van der Waals surface area contributed by atoms with Crippen LogP contribution < -0.4 is 0 Å². The molecule has 0 N–H and O–H groups in total. The number of halogens is 2. The Kier molecular flexibility index (Phi) is 13.5. The Morgan fingerprint density at radius 1 is 0.611 bits per heavy atom. The average molecular weight is 566 g/mol. The minimum atomic E-state index is 0. The molecule has 0 radical (unpaired) electrons. The number of fused-ring (bicyclic) bond motifs is 3. The van der Waals surface area contributed by atoms with E-state index >= 15 is 0 Å². The topological polar surface area (TPSA) is 6.48 Å². The van der Waals surface area contributed by atoms with Crippen LogP contribution in [0.4, 0.5) is 0 Å². The van der Waals surface area contributed by atoms with Gasteiger partial charge in [-0.25, -0.2) is 0 Å². The van der Waals surface area contributed by atoms with Crippen LogP contribution in [0.2, 0.25) is 0 Å². The van der Waals surface area contributed by atoms with Gasteiger partial charge in [-0.2, -0.15) is 0 Å². The Morgan fingerprint density at radius 2 is 1.19 bits per heavy atom. The van der Waals surface area contributed by atoms with Crippen LogP contribution in [0.3, 0.4) is 0 Å². The molecule has 2 nitrogen and oxygen atoms in total. The summed E-state index contributed by atoms with van der Waals surface area (Å²) in [7, 11) is 0. The molecule has 4 rings (SSSR count). The van der Waals surface area contributed by atoms with Crippen molar-refractivity contribution in [3.8, 4) is 22.3 Å². The van der Waals surface area contributed by atoms with Gasteiger partial charge < -0.3 is 9.80 Å². The molecule has 0 saturated carbocycles. The van der Waals surface area contributed by atoms with Crippen molar-refractivity contribution >= 4 is 59.1 Å². The van der Waals surface area contributed by atoms with Crippen molar-refractivity contribution in [2.24, 2.45) is 0 Å². The highest BCUT2D eigenvalue weighted by Crippen LogP contribution is 2.50. The predicted molar refractivity (Wildman–Crippen MR) is 169 cm³/mol. The van der Waals surface area contributed by atoms with E-state index in [1.165, 1.54) is 80.3 Å². The van der Waals surface area contributed by atoms with Gasteiger partial charge in [0.15, 0.2) is 0 Å². The molecule has 0 aromatic heterocycles. The third kappa shape index (κ3) is 7.15. The summed E-state index contributed by atoms with van der Waals surface area (Å²) in [4.78, 5) is 7.86. The van der Waals surface area contributed by atoms with Crippen LogP contribution >= 0.6 is 48.3 Å². The van der Waals surface area contributed by atoms with E-state index in [-0.39, 0.29) is 24.8 Å². The summed E-state index contributed by atoms with van der Waals surface area (Å²) >= 11 is 4.03. The average Bonchev–Trinajstić information content (AvgIpc) is 3.20. The first-order chi connectivity index (χ1) is 16.7. The first-order valence-corrected chi connectivity index (χ1v) is 15.1. The lowest BCUT2D eigenvalue weighted by Gasteiger charge is -2.17. The molecule has 1 aliphatic rings. The molecule has 0 amide bonds. The molecule has 6 heteroatoms. The van der Waals surface area contributed by atoms with Gasteiger partial charge in [-0.05, 0) is 115 Å². The number of hydrogen-bond acceptors (Lipinski definition) is 4. The Hall–Kier alpha value is -0.880. The minimum Gasteiger partial charge on any atom is -0.304 e. The second-order valence-electron chi connectivity index (χ2n) is 9.00. The van der Waals surface area contributed by atoms with Crippen LogP contribution in [0, 0.1) is 0 Å². The molecule has 0 heterocycles. The van der Waals surface area contributed by atoms with Gasteiger partial charge in [-0.15, -0.1) is 48.3 Å². The second-order valence-corrected chi connectivity index (χ2v) is 11.3. The number of thioether (sulfide) groups is 2. The van der Waals surface area contributed by atoms with Crippen molar-refractivity contribution in [3.63, 3.8) is 0 Å². The van der Waals surface area contributed by atoms with Crippen LogP contribution in [0.1, 0.15) is 40.5 Å². The molecule has 36 heavy (non-hydrogen) atoms. The zero-order chi connectivity index (χ0) is 23.9. The third-order valence-electron chi connectivity index (χ3n) is 7.12. The van der Waals surface area contributed by atoms with Gasteiger partial charge in [0, 0.05) is 9.79 Å². The number of rotatable bonds is 14. The van der Waals surface area contributed by atoms with E-state index in [1.54, 1.807) is 0 Å².